The minimum atomic E-state index is -3.69. The number of carbonyl (C=O) groups excluding carboxylic acids is 2. The molecule has 0 radical (unpaired) electrons. The number of nitrogens with zero attached hydrogens (tertiary/aromatic N) is 2. The average molecular weight is 417 g/mol. The number of likely N-dealkylation sites (tertiary alicyclic amines) is 1. The Morgan fingerprint density at radius 3 is 2.26 bits per heavy atom. The Balaban J connectivity index is 2.23. The molecular weight excluding hydrogens is 392 g/mol. The Hall–Kier alpha value is -1.80. The summed E-state index contributed by atoms with van der Waals surface area (Å²) in [5.74, 6) is -0.754. The van der Waals surface area contributed by atoms with Gasteiger partial charge in [-0.15, -0.1) is 0 Å². The van der Waals surface area contributed by atoms with Crippen LogP contribution >= 0.6 is 11.6 Å². The van der Waals surface area contributed by atoms with Gasteiger partial charge < -0.3 is 9.64 Å². The van der Waals surface area contributed by atoms with E-state index in [2.05, 4.69) is 0 Å². The van der Waals surface area contributed by atoms with Gasteiger partial charge in [-0.25, -0.2) is 8.42 Å². The van der Waals surface area contributed by atoms with Crippen molar-refractivity contribution >= 4 is 39.2 Å². The number of methoxy groups -OCH3 is 1. The first-order chi connectivity index (χ1) is 12.7. The van der Waals surface area contributed by atoms with E-state index in [-0.39, 0.29) is 17.8 Å². The van der Waals surface area contributed by atoms with Crippen LogP contribution in [0.2, 0.25) is 5.02 Å². The van der Waals surface area contributed by atoms with Crippen LogP contribution in [-0.4, -0.2) is 57.7 Å². The molecule has 0 bridgehead atoms. The first-order valence-electron chi connectivity index (χ1n) is 8.80. The zero-order chi connectivity index (χ0) is 20.2. The molecule has 1 fully saturated rings. The number of esters is 1. The minimum absolute atomic E-state index is 0.221. The molecule has 2 rings (SSSR count). The van der Waals surface area contributed by atoms with Gasteiger partial charge in [0.25, 0.3) is 0 Å². The van der Waals surface area contributed by atoms with Crippen LogP contribution in [0.25, 0.3) is 0 Å². The number of piperidine rings is 1. The van der Waals surface area contributed by atoms with Crippen LogP contribution in [0.3, 0.4) is 0 Å². The van der Waals surface area contributed by atoms with Gasteiger partial charge >= 0.3 is 5.97 Å². The maximum Gasteiger partial charge on any atom is 0.308 e. The summed E-state index contributed by atoms with van der Waals surface area (Å²) in [4.78, 5) is 26.4. The van der Waals surface area contributed by atoms with E-state index in [1.165, 1.54) is 7.11 Å². The molecule has 0 unspecified atom stereocenters. The number of anilines is 1. The molecule has 1 aromatic carbocycles. The van der Waals surface area contributed by atoms with Gasteiger partial charge in [-0.2, -0.15) is 0 Å². The second-order valence-electron chi connectivity index (χ2n) is 6.58. The number of ether oxygens (including phenoxy) is 1. The molecule has 0 aliphatic carbocycles. The summed E-state index contributed by atoms with van der Waals surface area (Å²) in [6.07, 6.45) is 2.43. The Morgan fingerprint density at radius 2 is 1.81 bits per heavy atom. The molecule has 0 aromatic heterocycles. The number of rotatable bonds is 6. The van der Waals surface area contributed by atoms with Crippen LogP contribution in [0, 0.1) is 5.92 Å². The maximum absolute atomic E-state index is 13.1. The van der Waals surface area contributed by atoms with Gasteiger partial charge in [0.05, 0.1) is 25.0 Å². The highest BCUT2D eigenvalue weighted by Gasteiger charge is 2.36. The van der Waals surface area contributed by atoms with Crippen LogP contribution in [-0.2, 0) is 24.3 Å². The van der Waals surface area contributed by atoms with Gasteiger partial charge in [-0.1, -0.05) is 18.5 Å². The highest BCUT2D eigenvalue weighted by Crippen LogP contribution is 2.27. The molecule has 27 heavy (non-hydrogen) atoms. The fourth-order valence-electron chi connectivity index (χ4n) is 3.34. The molecule has 1 amide bonds. The molecule has 1 aliphatic rings. The third-order valence-electron chi connectivity index (χ3n) is 4.73. The predicted octanol–water partition coefficient (Wildman–Crippen LogP) is 2.30. The van der Waals surface area contributed by atoms with Gasteiger partial charge in [-0.3, -0.25) is 13.9 Å². The summed E-state index contributed by atoms with van der Waals surface area (Å²) in [7, 11) is -2.34. The second kappa shape index (κ2) is 8.93. The van der Waals surface area contributed by atoms with Crippen molar-refractivity contribution in [1.29, 1.82) is 0 Å². The van der Waals surface area contributed by atoms with Crippen LogP contribution in [0.15, 0.2) is 24.3 Å². The zero-order valence-electron chi connectivity index (χ0n) is 15.7. The lowest BCUT2D eigenvalue weighted by molar-refractivity contribution is -0.149. The van der Waals surface area contributed by atoms with E-state index in [4.69, 9.17) is 16.3 Å². The first kappa shape index (κ1) is 21.5. The molecule has 1 aromatic rings. The number of hydrogen-bond acceptors (Lipinski definition) is 5. The van der Waals surface area contributed by atoms with Gasteiger partial charge in [0.2, 0.25) is 15.9 Å². The number of amides is 1. The highest BCUT2D eigenvalue weighted by atomic mass is 35.5. The quantitative estimate of drug-likeness (QED) is 0.664. The summed E-state index contributed by atoms with van der Waals surface area (Å²) >= 11 is 5.90. The standard InChI is InChI=1S/C18H25ClN2O5S/c1-4-16(17(22)20-11-9-13(10-12-20)18(23)26-2)21(27(3,24)25)15-7-5-14(19)6-8-15/h5-8,13,16H,4,9-12H2,1-3H3/t16-/m1/s1. The molecule has 9 heteroatoms. The third kappa shape index (κ3) is 5.13. The summed E-state index contributed by atoms with van der Waals surface area (Å²) in [6.45, 7) is 2.57. The summed E-state index contributed by atoms with van der Waals surface area (Å²) in [5.41, 5.74) is 0.395. The van der Waals surface area contributed by atoms with Crippen molar-refractivity contribution in [2.24, 2.45) is 5.92 Å². The molecule has 1 saturated heterocycles. The van der Waals surface area contributed by atoms with Crippen molar-refractivity contribution in [3.63, 3.8) is 0 Å². The molecule has 0 N–H and O–H groups in total. The van der Waals surface area contributed by atoms with E-state index >= 15 is 0 Å². The number of halogens is 1. The summed E-state index contributed by atoms with van der Waals surface area (Å²) in [6, 6.07) is 5.50. The maximum atomic E-state index is 13.1. The van der Waals surface area contributed by atoms with Gasteiger partial charge in [-0.05, 0) is 43.5 Å². The zero-order valence-corrected chi connectivity index (χ0v) is 17.3. The molecule has 1 aliphatic heterocycles. The number of benzene rings is 1. The first-order valence-corrected chi connectivity index (χ1v) is 11.0. The van der Waals surface area contributed by atoms with E-state index < -0.39 is 16.1 Å². The Morgan fingerprint density at radius 1 is 1.26 bits per heavy atom. The van der Waals surface area contributed by atoms with Crippen molar-refractivity contribution in [3.05, 3.63) is 29.3 Å². The Kier molecular flexibility index (Phi) is 7.11. The number of carbonyl (C=O) groups is 2. The van der Waals surface area contributed by atoms with Crippen LogP contribution < -0.4 is 4.31 Å². The van der Waals surface area contributed by atoms with Crippen LogP contribution in [0.1, 0.15) is 26.2 Å². The Bertz CT molecular complexity index is 773. The molecule has 7 nitrogen and oxygen atoms in total. The van der Waals surface area contributed by atoms with Crippen molar-refractivity contribution in [2.45, 2.75) is 32.2 Å². The summed E-state index contributed by atoms with van der Waals surface area (Å²) < 4.78 is 30.8. The predicted molar refractivity (Wildman–Crippen MR) is 104 cm³/mol. The molecule has 1 heterocycles. The number of sulfonamides is 1. The highest BCUT2D eigenvalue weighted by molar-refractivity contribution is 7.92. The van der Waals surface area contributed by atoms with E-state index in [1.54, 1.807) is 36.1 Å². The van der Waals surface area contributed by atoms with Crippen molar-refractivity contribution in [1.82, 2.24) is 4.90 Å². The third-order valence-corrected chi connectivity index (χ3v) is 6.17. The fourth-order valence-corrected chi connectivity index (χ4v) is 4.68. The van der Waals surface area contributed by atoms with Crippen molar-refractivity contribution in [3.8, 4) is 0 Å². The smallest absolute Gasteiger partial charge is 0.308 e. The topological polar surface area (TPSA) is 84.0 Å². The van der Waals surface area contributed by atoms with Gasteiger partial charge in [0, 0.05) is 18.1 Å². The molecule has 0 saturated carbocycles. The van der Waals surface area contributed by atoms with E-state index in [0.717, 1.165) is 10.6 Å². The lowest BCUT2D eigenvalue weighted by Crippen LogP contribution is -2.52. The number of hydrogen-bond donors (Lipinski definition) is 0. The minimum Gasteiger partial charge on any atom is -0.469 e. The monoisotopic (exact) mass is 416 g/mol. The molecule has 0 spiro atoms. The summed E-state index contributed by atoms with van der Waals surface area (Å²) in [5, 5.41) is 0.483. The molecular formula is C18H25ClN2O5S. The van der Waals surface area contributed by atoms with Gasteiger partial charge in [0.15, 0.2) is 0 Å². The molecule has 1 atom stereocenters. The SMILES string of the molecule is CC[C@H](C(=O)N1CCC(C(=O)OC)CC1)N(c1ccc(Cl)cc1)S(C)(=O)=O. The van der Waals surface area contributed by atoms with Crippen LogP contribution in [0.5, 0.6) is 0 Å². The lowest BCUT2D eigenvalue weighted by Gasteiger charge is -2.37. The average Bonchev–Trinajstić information content (AvgIpc) is 2.65. The van der Waals surface area contributed by atoms with Crippen molar-refractivity contribution < 1.29 is 22.7 Å². The fraction of sp³-hybridized carbons (Fsp3) is 0.556. The van der Waals surface area contributed by atoms with E-state index in [9.17, 15) is 18.0 Å². The van der Waals surface area contributed by atoms with Crippen LogP contribution in [0.4, 0.5) is 5.69 Å². The molecule has 150 valence electrons. The van der Waals surface area contributed by atoms with E-state index in [0.29, 0.717) is 43.1 Å². The van der Waals surface area contributed by atoms with E-state index in [1.807, 2.05) is 0 Å². The normalized spacial score (nSPS) is 16.7. The largest absolute Gasteiger partial charge is 0.469 e. The van der Waals surface area contributed by atoms with Crippen molar-refractivity contribution in [2.75, 3.05) is 30.8 Å². The Labute approximate surface area is 165 Å². The second-order valence-corrected chi connectivity index (χ2v) is 8.88. The lowest BCUT2D eigenvalue weighted by atomic mass is 9.96. The van der Waals surface area contributed by atoms with Gasteiger partial charge in [0.1, 0.15) is 6.04 Å².